The molecule has 1 N–H and O–H groups in total. The molecule has 0 radical (unpaired) electrons. The molecule has 2 heterocycles. The molecule has 0 aromatic carbocycles. The summed E-state index contributed by atoms with van der Waals surface area (Å²) in [5.74, 6) is 1.79. The lowest BCUT2D eigenvalue weighted by Gasteiger charge is -2.36. The van der Waals surface area contributed by atoms with Gasteiger partial charge in [-0.2, -0.15) is 0 Å². The Bertz CT molecular complexity index is 409. The highest BCUT2D eigenvalue weighted by atomic mass is 16.5. The molecule has 0 bridgehead atoms. The standard InChI is InChI=1S/C15H25N3O2/c1-4-12-10-14(18-13(5-2)17-12)16-11-15(19-3)6-8-20-9-7-15/h10H,4-9,11H2,1-3H3,(H,16,17,18). The second kappa shape index (κ2) is 6.99. The van der Waals surface area contributed by atoms with Crippen molar-refractivity contribution >= 4 is 5.82 Å². The highest BCUT2D eigenvalue weighted by Crippen LogP contribution is 2.25. The SMILES string of the molecule is CCc1cc(NCC2(OC)CCOCC2)nc(CC)n1. The Morgan fingerprint density at radius 2 is 2.00 bits per heavy atom. The maximum atomic E-state index is 5.73. The maximum absolute atomic E-state index is 5.73. The molecule has 1 aliphatic heterocycles. The van der Waals surface area contributed by atoms with Crippen LogP contribution in [0.1, 0.15) is 38.2 Å². The zero-order chi connectivity index (χ0) is 14.4. The van der Waals surface area contributed by atoms with Crippen molar-refractivity contribution in [3.8, 4) is 0 Å². The molecule has 1 aliphatic rings. The third-order valence-corrected chi connectivity index (χ3v) is 3.93. The summed E-state index contributed by atoms with van der Waals surface area (Å²) in [5, 5.41) is 3.42. The van der Waals surface area contributed by atoms with Crippen LogP contribution >= 0.6 is 0 Å². The normalized spacial score (nSPS) is 17.9. The van der Waals surface area contributed by atoms with Crippen LogP contribution in [0.3, 0.4) is 0 Å². The fraction of sp³-hybridized carbons (Fsp3) is 0.733. The summed E-state index contributed by atoms with van der Waals surface area (Å²) in [4.78, 5) is 9.04. The third kappa shape index (κ3) is 3.67. The summed E-state index contributed by atoms with van der Waals surface area (Å²) >= 11 is 0. The molecule has 0 saturated carbocycles. The molecule has 1 saturated heterocycles. The second-order valence-corrected chi connectivity index (χ2v) is 5.22. The van der Waals surface area contributed by atoms with Gasteiger partial charge in [0, 0.05) is 57.9 Å². The molecule has 0 aliphatic carbocycles. The predicted molar refractivity (Wildman–Crippen MR) is 79.1 cm³/mol. The lowest BCUT2D eigenvalue weighted by molar-refractivity contribution is -0.0807. The number of aryl methyl sites for hydroxylation is 2. The van der Waals surface area contributed by atoms with Crippen LogP contribution in [-0.4, -0.2) is 42.4 Å². The van der Waals surface area contributed by atoms with Gasteiger partial charge < -0.3 is 14.8 Å². The van der Waals surface area contributed by atoms with Crippen LogP contribution in [0.2, 0.25) is 0 Å². The van der Waals surface area contributed by atoms with Crippen LogP contribution in [-0.2, 0) is 22.3 Å². The zero-order valence-electron chi connectivity index (χ0n) is 12.7. The van der Waals surface area contributed by atoms with Crippen LogP contribution in [0.15, 0.2) is 6.07 Å². The van der Waals surface area contributed by atoms with Crippen molar-refractivity contribution in [2.45, 2.75) is 45.1 Å². The molecule has 112 valence electrons. The summed E-state index contributed by atoms with van der Waals surface area (Å²) in [6, 6.07) is 2.03. The van der Waals surface area contributed by atoms with E-state index >= 15 is 0 Å². The summed E-state index contributed by atoms with van der Waals surface area (Å²) in [7, 11) is 1.78. The number of rotatable bonds is 6. The molecule has 20 heavy (non-hydrogen) atoms. The average molecular weight is 279 g/mol. The topological polar surface area (TPSA) is 56.3 Å². The van der Waals surface area contributed by atoms with Gasteiger partial charge in [-0.1, -0.05) is 13.8 Å². The number of hydrogen-bond donors (Lipinski definition) is 1. The van der Waals surface area contributed by atoms with Crippen LogP contribution in [0.5, 0.6) is 0 Å². The van der Waals surface area contributed by atoms with E-state index in [4.69, 9.17) is 9.47 Å². The number of methoxy groups -OCH3 is 1. The van der Waals surface area contributed by atoms with E-state index in [0.29, 0.717) is 0 Å². The Hall–Kier alpha value is -1.20. The number of hydrogen-bond acceptors (Lipinski definition) is 5. The van der Waals surface area contributed by atoms with Gasteiger partial charge in [0.25, 0.3) is 0 Å². The van der Waals surface area contributed by atoms with E-state index in [1.165, 1.54) is 0 Å². The van der Waals surface area contributed by atoms with Gasteiger partial charge in [-0.3, -0.25) is 0 Å². The molecular weight excluding hydrogens is 254 g/mol. The molecule has 1 aromatic rings. The van der Waals surface area contributed by atoms with Crippen LogP contribution in [0.4, 0.5) is 5.82 Å². The maximum Gasteiger partial charge on any atom is 0.130 e. The van der Waals surface area contributed by atoms with Crippen LogP contribution in [0.25, 0.3) is 0 Å². The van der Waals surface area contributed by atoms with Gasteiger partial charge in [-0.25, -0.2) is 9.97 Å². The Labute approximate surface area is 121 Å². The van der Waals surface area contributed by atoms with Crippen molar-refractivity contribution in [3.63, 3.8) is 0 Å². The van der Waals surface area contributed by atoms with Crippen molar-refractivity contribution in [1.82, 2.24) is 9.97 Å². The molecule has 0 amide bonds. The first kappa shape index (κ1) is 15.2. The van der Waals surface area contributed by atoms with E-state index in [1.54, 1.807) is 7.11 Å². The van der Waals surface area contributed by atoms with Crippen LogP contribution < -0.4 is 5.32 Å². The van der Waals surface area contributed by atoms with Crippen molar-refractivity contribution in [1.29, 1.82) is 0 Å². The fourth-order valence-corrected chi connectivity index (χ4v) is 2.43. The van der Waals surface area contributed by atoms with Crippen molar-refractivity contribution < 1.29 is 9.47 Å². The number of ether oxygens (including phenoxy) is 2. The van der Waals surface area contributed by atoms with Gasteiger partial charge in [0.15, 0.2) is 0 Å². The Morgan fingerprint density at radius 3 is 2.60 bits per heavy atom. The van der Waals surface area contributed by atoms with E-state index in [2.05, 4.69) is 29.1 Å². The molecule has 5 heteroatoms. The minimum absolute atomic E-state index is 0.137. The van der Waals surface area contributed by atoms with Crippen LogP contribution in [0, 0.1) is 0 Å². The summed E-state index contributed by atoms with van der Waals surface area (Å²) in [5.41, 5.74) is 0.944. The van der Waals surface area contributed by atoms with E-state index in [1.807, 2.05) is 6.07 Å². The Kier molecular flexibility index (Phi) is 5.31. The smallest absolute Gasteiger partial charge is 0.130 e. The minimum Gasteiger partial charge on any atom is -0.381 e. The molecule has 0 unspecified atom stereocenters. The van der Waals surface area contributed by atoms with Crippen molar-refractivity contribution in [3.05, 3.63) is 17.6 Å². The average Bonchev–Trinajstić information content (AvgIpc) is 2.53. The van der Waals surface area contributed by atoms with Gasteiger partial charge in [0.2, 0.25) is 0 Å². The van der Waals surface area contributed by atoms with Gasteiger partial charge in [-0.15, -0.1) is 0 Å². The highest BCUT2D eigenvalue weighted by molar-refractivity contribution is 5.36. The number of nitrogens with zero attached hydrogens (tertiary/aromatic N) is 2. The molecule has 0 atom stereocenters. The largest absolute Gasteiger partial charge is 0.381 e. The quantitative estimate of drug-likeness (QED) is 0.865. The molecule has 5 nitrogen and oxygen atoms in total. The molecule has 2 rings (SSSR count). The minimum atomic E-state index is -0.137. The van der Waals surface area contributed by atoms with E-state index in [0.717, 1.165) is 62.8 Å². The van der Waals surface area contributed by atoms with E-state index in [9.17, 15) is 0 Å². The Balaban J connectivity index is 2.05. The number of nitrogens with one attached hydrogen (secondary N) is 1. The van der Waals surface area contributed by atoms with Gasteiger partial charge in [-0.05, 0) is 6.42 Å². The first-order valence-electron chi connectivity index (χ1n) is 7.45. The number of aromatic nitrogens is 2. The summed E-state index contributed by atoms with van der Waals surface area (Å²) in [6.45, 7) is 6.48. The first-order chi connectivity index (χ1) is 9.71. The van der Waals surface area contributed by atoms with Crippen molar-refractivity contribution in [2.24, 2.45) is 0 Å². The second-order valence-electron chi connectivity index (χ2n) is 5.22. The summed E-state index contributed by atoms with van der Waals surface area (Å²) in [6.07, 6.45) is 3.62. The summed E-state index contributed by atoms with van der Waals surface area (Å²) < 4.78 is 11.1. The first-order valence-corrected chi connectivity index (χ1v) is 7.45. The molecule has 1 fully saturated rings. The van der Waals surface area contributed by atoms with Gasteiger partial charge >= 0.3 is 0 Å². The molecular formula is C15H25N3O2. The van der Waals surface area contributed by atoms with Crippen molar-refractivity contribution in [2.75, 3.05) is 32.2 Å². The van der Waals surface area contributed by atoms with Gasteiger partial charge in [0.05, 0.1) is 5.60 Å². The molecule has 0 spiro atoms. The molecule has 1 aromatic heterocycles. The lowest BCUT2D eigenvalue weighted by atomic mass is 9.94. The monoisotopic (exact) mass is 279 g/mol. The lowest BCUT2D eigenvalue weighted by Crippen LogP contribution is -2.44. The van der Waals surface area contributed by atoms with E-state index < -0.39 is 0 Å². The van der Waals surface area contributed by atoms with E-state index in [-0.39, 0.29) is 5.60 Å². The fourth-order valence-electron chi connectivity index (χ4n) is 2.43. The Morgan fingerprint density at radius 1 is 1.25 bits per heavy atom. The predicted octanol–water partition coefficient (Wildman–Crippen LogP) is 2.21. The number of anilines is 1. The van der Waals surface area contributed by atoms with Gasteiger partial charge in [0.1, 0.15) is 11.6 Å². The zero-order valence-corrected chi connectivity index (χ0v) is 12.7. The third-order valence-electron chi connectivity index (χ3n) is 3.93. The highest BCUT2D eigenvalue weighted by Gasteiger charge is 2.32.